The van der Waals surface area contributed by atoms with Crippen LogP contribution in [0.3, 0.4) is 0 Å². The van der Waals surface area contributed by atoms with Crippen molar-refractivity contribution in [3.05, 3.63) is 72.3 Å². The van der Waals surface area contributed by atoms with Crippen molar-refractivity contribution in [2.75, 3.05) is 11.1 Å². The monoisotopic (exact) mass is 429 g/mol. The van der Waals surface area contributed by atoms with E-state index in [4.69, 9.17) is 0 Å². The number of alkyl halides is 3. The van der Waals surface area contributed by atoms with Crippen LogP contribution >= 0.6 is 11.8 Å². The van der Waals surface area contributed by atoms with Crippen LogP contribution in [0.2, 0.25) is 0 Å². The van der Waals surface area contributed by atoms with Crippen LogP contribution in [-0.2, 0) is 11.0 Å². The summed E-state index contributed by atoms with van der Waals surface area (Å²) in [7, 11) is 0. The predicted molar refractivity (Wildman–Crippen MR) is 107 cm³/mol. The normalized spacial score (nSPS) is 11.6. The lowest BCUT2D eigenvalue weighted by Gasteiger charge is -2.13. The maximum atomic E-state index is 13.1. The number of rotatable bonds is 5. The summed E-state index contributed by atoms with van der Waals surface area (Å²) in [5.74, 6) is -0.739. The highest BCUT2D eigenvalue weighted by Crippen LogP contribution is 2.34. The molecule has 4 rings (SSSR count). The summed E-state index contributed by atoms with van der Waals surface area (Å²) in [4.78, 5) is 12.2. The van der Waals surface area contributed by atoms with E-state index in [-0.39, 0.29) is 11.4 Å². The number of hydrogen-bond donors (Lipinski definition) is 1. The van der Waals surface area contributed by atoms with Gasteiger partial charge in [0.25, 0.3) is 0 Å². The second-order valence-electron chi connectivity index (χ2n) is 6.22. The van der Waals surface area contributed by atoms with Gasteiger partial charge >= 0.3 is 6.18 Å². The second-order valence-corrected chi connectivity index (χ2v) is 7.16. The number of carbonyl (C=O) groups is 1. The molecule has 1 amide bonds. The Balaban J connectivity index is 1.50. The minimum atomic E-state index is -4.56. The Hall–Kier alpha value is -3.40. The summed E-state index contributed by atoms with van der Waals surface area (Å²) in [6.45, 7) is 0. The largest absolute Gasteiger partial charge is 0.418 e. The number of halogens is 3. The standard InChI is InChI=1S/C20H14F3N5OS/c21-20(22,23)14-8-4-5-9-16(14)24-18(29)12-30-19-26-25-17-11-10-15(27-28(17)19)13-6-2-1-3-7-13/h1-11H,12H2,(H,24,29). The van der Waals surface area contributed by atoms with Gasteiger partial charge < -0.3 is 5.32 Å². The first kappa shape index (κ1) is 19.9. The number of thioether (sulfide) groups is 1. The van der Waals surface area contributed by atoms with Crippen LogP contribution in [0.5, 0.6) is 0 Å². The quantitative estimate of drug-likeness (QED) is 0.472. The number of hydrogen-bond acceptors (Lipinski definition) is 5. The van der Waals surface area contributed by atoms with Crippen molar-refractivity contribution in [3.8, 4) is 11.3 Å². The molecule has 0 unspecified atom stereocenters. The molecule has 0 aliphatic carbocycles. The molecule has 0 aliphatic heterocycles. The molecule has 0 fully saturated rings. The van der Waals surface area contributed by atoms with Crippen molar-refractivity contribution in [1.82, 2.24) is 19.8 Å². The molecule has 152 valence electrons. The van der Waals surface area contributed by atoms with Gasteiger partial charge in [0.05, 0.1) is 22.7 Å². The third-order valence-electron chi connectivity index (χ3n) is 4.14. The summed E-state index contributed by atoms with van der Waals surface area (Å²) < 4.78 is 40.7. The Morgan fingerprint density at radius 1 is 0.967 bits per heavy atom. The Kier molecular flexibility index (Phi) is 5.40. The lowest BCUT2D eigenvalue weighted by molar-refractivity contribution is -0.137. The average molecular weight is 429 g/mol. The maximum absolute atomic E-state index is 13.1. The van der Waals surface area contributed by atoms with Crippen LogP contribution in [0.25, 0.3) is 16.9 Å². The minimum absolute atomic E-state index is 0.149. The Bertz CT molecular complexity index is 1190. The smallest absolute Gasteiger partial charge is 0.325 e. The summed E-state index contributed by atoms with van der Waals surface area (Å²) in [5.41, 5.74) is 0.926. The summed E-state index contributed by atoms with van der Waals surface area (Å²) in [6.07, 6.45) is -4.56. The van der Waals surface area contributed by atoms with Crippen molar-refractivity contribution in [1.29, 1.82) is 0 Å². The van der Waals surface area contributed by atoms with E-state index in [0.717, 1.165) is 23.4 Å². The van der Waals surface area contributed by atoms with Crippen molar-refractivity contribution in [3.63, 3.8) is 0 Å². The molecule has 10 heteroatoms. The number of carbonyl (C=O) groups excluding carboxylic acids is 1. The maximum Gasteiger partial charge on any atom is 0.418 e. The molecule has 0 saturated carbocycles. The van der Waals surface area contributed by atoms with Crippen molar-refractivity contribution in [2.24, 2.45) is 0 Å². The molecular weight excluding hydrogens is 415 g/mol. The Labute approximate surface area is 173 Å². The Morgan fingerprint density at radius 3 is 2.47 bits per heavy atom. The number of amides is 1. The van der Waals surface area contributed by atoms with Crippen LogP contribution in [0.1, 0.15) is 5.56 Å². The molecule has 0 radical (unpaired) electrons. The third-order valence-corrected chi connectivity index (χ3v) is 5.06. The predicted octanol–water partition coefficient (Wildman–Crippen LogP) is 4.54. The van der Waals surface area contributed by atoms with Gasteiger partial charge in [-0.25, -0.2) is 0 Å². The molecule has 1 N–H and O–H groups in total. The first-order valence-electron chi connectivity index (χ1n) is 8.78. The zero-order chi connectivity index (χ0) is 21.1. The number of fused-ring (bicyclic) bond motifs is 1. The zero-order valence-electron chi connectivity index (χ0n) is 15.3. The molecular formula is C20H14F3N5OS. The van der Waals surface area contributed by atoms with E-state index in [9.17, 15) is 18.0 Å². The van der Waals surface area contributed by atoms with Crippen molar-refractivity contribution < 1.29 is 18.0 Å². The number of anilines is 1. The van der Waals surface area contributed by atoms with Crippen molar-refractivity contribution >= 4 is 29.0 Å². The Morgan fingerprint density at radius 2 is 1.70 bits per heavy atom. The molecule has 30 heavy (non-hydrogen) atoms. The van der Waals surface area contributed by atoms with Crippen molar-refractivity contribution in [2.45, 2.75) is 11.3 Å². The minimum Gasteiger partial charge on any atom is -0.325 e. The average Bonchev–Trinajstić information content (AvgIpc) is 3.15. The van der Waals surface area contributed by atoms with E-state index < -0.39 is 17.6 Å². The highest BCUT2D eigenvalue weighted by atomic mass is 32.2. The number of benzene rings is 2. The van der Waals surface area contributed by atoms with Gasteiger partial charge in [0.2, 0.25) is 11.1 Å². The molecule has 4 aromatic rings. The fourth-order valence-electron chi connectivity index (χ4n) is 2.78. The first-order valence-corrected chi connectivity index (χ1v) is 9.77. The van der Waals surface area contributed by atoms with Gasteiger partial charge in [-0.15, -0.1) is 10.2 Å². The van der Waals surface area contributed by atoms with E-state index in [1.54, 1.807) is 6.07 Å². The lowest BCUT2D eigenvalue weighted by Crippen LogP contribution is -2.18. The lowest BCUT2D eigenvalue weighted by atomic mass is 10.1. The van der Waals surface area contributed by atoms with Crippen LogP contribution in [0.15, 0.2) is 71.9 Å². The summed E-state index contributed by atoms with van der Waals surface area (Å²) >= 11 is 1.03. The van der Waals surface area contributed by atoms with Gasteiger partial charge in [-0.2, -0.15) is 22.8 Å². The first-order chi connectivity index (χ1) is 14.4. The molecule has 2 aromatic carbocycles. The van der Waals surface area contributed by atoms with Gasteiger partial charge in [0, 0.05) is 5.56 Å². The topological polar surface area (TPSA) is 72.2 Å². The van der Waals surface area contributed by atoms with Gasteiger partial charge in [-0.05, 0) is 24.3 Å². The van der Waals surface area contributed by atoms with E-state index in [2.05, 4.69) is 20.6 Å². The molecule has 0 aliphatic rings. The van der Waals surface area contributed by atoms with Gasteiger partial charge in [0.1, 0.15) is 0 Å². The van der Waals surface area contributed by atoms with E-state index in [1.807, 2.05) is 36.4 Å². The van der Waals surface area contributed by atoms with Crippen LogP contribution in [-0.4, -0.2) is 31.5 Å². The molecule has 6 nitrogen and oxygen atoms in total. The number of nitrogens with zero attached hydrogens (tertiary/aromatic N) is 4. The molecule has 0 spiro atoms. The van der Waals surface area contributed by atoms with E-state index >= 15 is 0 Å². The van der Waals surface area contributed by atoms with Crippen LogP contribution in [0.4, 0.5) is 18.9 Å². The zero-order valence-corrected chi connectivity index (χ0v) is 16.1. The fourth-order valence-corrected chi connectivity index (χ4v) is 3.47. The molecule has 0 bridgehead atoms. The van der Waals surface area contributed by atoms with Crippen LogP contribution < -0.4 is 5.32 Å². The highest BCUT2D eigenvalue weighted by molar-refractivity contribution is 7.99. The molecule has 0 atom stereocenters. The van der Waals surface area contributed by atoms with E-state index in [1.165, 1.54) is 22.7 Å². The second kappa shape index (κ2) is 8.15. The number of aromatic nitrogens is 4. The number of nitrogens with one attached hydrogen (secondary N) is 1. The van der Waals surface area contributed by atoms with E-state index in [0.29, 0.717) is 16.5 Å². The van der Waals surface area contributed by atoms with Gasteiger partial charge in [-0.1, -0.05) is 54.2 Å². The summed E-state index contributed by atoms with van der Waals surface area (Å²) in [5, 5.41) is 15.2. The van der Waals surface area contributed by atoms with Gasteiger partial charge in [0.15, 0.2) is 5.65 Å². The molecule has 0 saturated heterocycles. The summed E-state index contributed by atoms with van der Waals surface area (Å²) in [6, 6.07) is 17.9. The van der Waals surface area contributed by atoms with Crippen LogP contribution in [0, 0.1) is 0 Å². The molecule has 2 aromatic heterocycles. The van der Waals surface area contributed by atoms with Gasteiger partial charge in [-0.3, -0.25) is 4.79 Å². The highest BCUT2D eigenvalue weighted by Gasteiger charge is 2.33. The fraction of sp³-hybridized carbons (Fsp3) is 0.100. The molecule has 2 heterocycles. The number of para-hydroxylation sites is 1. The third kappa shape index (κ3) is 4.28. The SMILES string of the molecule is O=C(CSc1nnc2ccc(-c3ccccc3)nn12)Nc1ccccc1C(F)(F)F.